The van der Waals surface area contributed by atoms with Crippen LogP contribution in [0.25, 0.3) is 55.8 Å². The van der Waals surface area contributed by atoms with Crippen molar-refractivity contribution < 1.29 is 9.21 Å². The maximum atomic E-state index is 12.2. The molecule has 0 unspecified atom stereocenters. The minimum Gasteiger partial charge on any atom is -0.472 e. The first-order valence-corrected chi connectivity index (χ1v) is 11.3. The number of likely N-dealkylation sites (N-methyl/N-ethyl adjacent to an activating group) is 1. The predicted molar refractivity (Wildman–Crippen MR) is 137 cm³/mol. The Labute approximate surface area is 205 Å². The third kappa shape index (κ3) is 3.99. The first kappa shape index (κ1) is 21.7. The van der Waals surface area contributed by atoms with E-state index >= 15 is 0 Å². The number of furan rings is 1. The summed E-state index contributed by atoms with van der Waals surface area (Å²) in [6.07, 6.45) is 8.42. The van der Waals surface area contributed by atoms with Crippen molar-refractivity contribution in [3.05, 3.63) is 67.5 Å². The standard InChI is InChI=1S/C26H22N8O2/c1-34(2)13-23(35)29-17-9-16(11-27-12-17)19-3-4-21-25(31-19)26(33-32-21)22-10-18-20(30-22)5-7-28-24(18)15-6-8-36-14-15/h3-12,14,30H,13H2,1-2H3,(H,29,35)(H,32,33). The Kier molecular flexibility index (Phi) is 5.27. The normalized spacial score (nSPS) is 11.5. The molecule has 0 aliphatic heterocycles. The van der Waals surface area contributed by atoms with Crippen LogP contribution >= 0.6 is 0 Å². The molecule has 36 heavy (non-hydrogen) atoms. The minimum absolute atomic E-state index is 0.109. The van der Waals surface area contributed by atoms with Crippen LogP contribution in [0.3, 0.4) is 0 Å². The zero-order chi connectivity index (χ0) is 24.6. The van der Waals surface area contributed by atoms with Gasteiger partial charge in [-0.25, -0.2) is 4.98 Å². The Morgan fingerprint density at radius 2 is 1.97 bits per heavy atom. The number of carbonyl (C=O) groups is 1. The van der Waals surface area contributed by atoms with E-state index in [-0.39, 0.29) is 12.5 Å². The highest BCUT2D eigenvalue weighted by Crippen LogP contribution is 2.33. The lowest BCUT2D eigenvalue weighted by atomic mass is 10.1. The molecule has 178 valence electrons. The number of H-pyrrole nitrogens is 2. The number of anilines is 1. The molecule has 10 heteroatoms. The van der Waals surface area contributed by atoms with Gasteiger partial charge in [-0.1, -0.05) is 0 Å². The fraction of sp³-hybridized carbons (Fsp3) is 0.115. The quantitative estimate of drug-likeness (QED) is 0.325. The van der Waals surface area contributed by atoms with Crippen molar-refractivity contribution in [2.24, 2.45) is 0 Å². The van der Waals surface area contributed by atoms with E-state index in [0.29, 0.717) is 11.4 Å². The van der Waals surface area contributed by atoms with E-state index in [2.05, 4.69) is 30.5 Å². The zero-order valence-electron chi connectivity index (χ0n) is 19.6. The molecule has 6 aromatic heterocycles. The van der Waals surface area contributed by atoms with Gasteiger partial charge in [-0.15, -0.1) is 0 Å². The Hall–Kier alpha value is -4.83. The first-order chi connectivity index (χ1) is 17.5. The highest BCUT2D eigenvalue weighted by Gasteiger charge is 2.16. The Bertz CT molecular complexity index is 1700. The molecule has 0 aliphatic rings. The molecular weight excluding hydrogens is 456 g/mol. The van der Waals surface area contributed by atoms with Gasteiger partial charge < -0.3 is 19.6 Å². The molecule has 0 atom stereocenters. The molecular formula is C26H22N8O2. The third-order valence-corrected chi connectivity index (χ3v) is 5.78. The van der Waals surface area contributed by atoms with Gasteiger partial charge in [0, 0.05) is 34.4 Å². The van der Waals surface area contributed by atoms with E-state index in [9.17, 15) is 4.79 Å². The van der Waals surface area contributed by atoms with Crippen molar-refractivity contribution in [1.29, 1.82) is 0 Å². The number of fused-ring (bicyclic) bond motifs is 2. The van der Waals surface area contributed by atoms with Crippen LogP contribution in [0.15, 0.2) is 71.9 Å². The van der Waals surface area contributed by atoms with Crippen molar-refractivity contribution in [3.8, 4) is 33.9 Å². The summed E-state index contributed by atoms with van der Waals surface area (Å²) in [4.78, 5) is 31.1. The fourth-order valence-electron chi connectivity index (χ4n) is 4.19. The average Bonchev–Trinajstić information content (AvgIpc) is 3.62. The summed E-state index contributed by atoms with van der Waals surface area (Å²) in [6, 6.07) is 11.5. The lowest BCUT2D eigenvalue weighted by Crippen LogP contribution is -2.27. The second-order valence-electron chi connectivity index (χ2n) is 8.73. The molecule has 0 spiro atoms. The summed E-state index contributed by atoms with van der Waals surface area (Å²) >= 11 is 0. The summed E-state index contributed by atoms with van der Waals surface area (Å²) in [7, 11) is 3.69. The lowest BCUT2D eigenvalue weighted by molar-refractivity contribution is -0.116. The van der Waals surface area contributed by atoms with Gasteiger partial charge in [0.05, 0.1) is 53.6 Å². The fourth-order valence-corrected chi connectivity index (χ4v) is 4.19. The number of rotatable bonds is 6. The molecule has 0 saturated heterocycles. The Balaban J connectivity index is 1.38. The van der Waals surface area contributed by atoms with Gasteiger partial charge >= 0.3 is 0 Å². The van der Waals surface area contributed by atoms with Gasteiger partial charge in [0.2, 0.25) is 5.91 Å². The number of carbonyl (C=O) groups excluding carboxylic acids is 1. The Morgan fingerprint density at radius 3 is 2.81 bits per heavy atom. The van der Waals surface area contributed by atoms with E-state index in [1.165, 1.54) is 0 Å². The highest BCUT2D eigenvalue weighted by atomic mass is 16.3. The number of hydrogen-bond acceptors (Lipinski definition) is 7. The molecule has 6 heterocycles. The summed E-state index contributed by atoms with van der Waals surface area (Å²) < 4.78 is 5.25. The smallest absolute Gasteiger partial charge is 0.238 e. The second-order valence-corrected chi connectivity index (χ2v) is 8.73. The SMILES string of the molecule is CN(C)CC(=O)Nc1cncc(-c2ccc3[nH]nc(-c4cc5c(-c6ccoc6)nccc5[nH]4)c3n2)c1. The van der Waals surface area contributed by atoms with E-state index in [4.69, 9.17) is 9.40 Å². The van der Waals surface area contributed by atoms with Gasteiger partial charge in [-0.05, 0) is 50.5 Å². The van der Waals surface area contributed by atoms with Crippen LogP contribution in [0.2, 0.25) is 0 Å². The van der Waals surface area contributed by atoms with Gasteiger partial charge in [0.25, 0.3) is 0 Å². The predicted octanol–water partition coefficient (Wildman–Crippen LogP) is 4.32. The molecule has 3 N–H and O–H groups in total. The number of nitrogens with zero attached hydrogens (tertiary/aromatic N) is 5. The second kappa shape index (κ2) is 8.75. The maximum absolute atomic E-state index is 12.2. The molecule has 6 rings (SSSR count). The van der Waals surface area contributed by atoms with E-state index in [1.54, 1.807) is 36.0 Å². The van der Waals surface area contributed by atoms with Crippen molar-refractivity contribution >= 4 is 33.5 Å². The number of pyridine rings is 3. The van der Waals surface area contributed by atoms with Crippen molar-refractivity contribution in [2.45, 2.75) is 0 Å². The highest BCUT2D eigenvalue weighted by molar-refractivity contribution is 5.99. The molecule has 0 radical (unpaired) electrons. The van der Waals surface area contributed by atoms with E-state index < -0.39 is 0 Å². The molecule has 10 nitrogen and oxygen atoms in total. The summed E-state index contributed by atoms with van der Waals surface area (Å²) in [5.41, 5.74) is 7.85. The van der Waals surface area contributed by atoms with Gasteiger partial charge in [-0.3, -0.25) is 19.9 Å². The molecule has 0 saturated carbocycles. The topological polar surface area (TPSA) is 129 Å². The lowest BCUT2D eigenvalue weighted by Gasteiger charge is -2.10. The largest absolute Gasteiger partial charge is 0.472 e. The number of hydrogen-bond donors (Lipinski definition) is 3. The Morgan fingerprint density at radius 1 is 1.06 bits per heavy atom. The monoisotopic (exact) mass is 478 g/mol. The van der Waals surface area contributed by atoms with Crippen LogP contribution in [0.5, 0.6) is 0 Å². The van der Waals surface area contributed by atoms with Crippen LogP contribution < -0.4 is 5.32 Å². The number of aromatic nitrogens is 6. The average molecular weight is 479 g/mol. The third-order valence-electron chi connectivity index (χ3n) is 5.78. The summed E-state index contributed by atoms with van der Waals surface area (Å²) in [5.74, 6) is -0.109. The number of amides is 1. The zero-order valence-corrected chi connectivity index (χ0v) is 19.6. The van der Waals surface area contributed by atoms with Crippen LogP contribution in [-0.4, -0.2) is 61.6 Å². The van der Waals surface area contributed by atoms with Crippen molar-refractivity contribution in [1.82, 2.24) is 35.0 Å². The minimum atomic E-state index is -0.109. The molecule has 0 bridgehead atoms. The molecule has 6 aromatic rings. The maximum Gasteiger partial charge on any atom is 0.238 e. The molecule has 0 fully saturated rings. The molecule has 0 aliphatic carbocycles. The number of aromatic amines is 2. The van der Waals surface area contributed by atoms with Gasteiger partial charge in [0.1, 0.15) is 11.2 Å². The number of nitrogens with one attached hydrogen (secondary N) is 3. The van der Waals surface area contributed by atoms with Gasteiger partial charge in [-0.2, -0.15) is 5.10 Å². The van der Waals surface area contributed by atoms with Crippen molar-refractivity contribution in [2.75, 3.05) is 26.0 Å². The van der Waals surface area contributed by atoms with Gasteiger partial charge in [0.15, 0.2) is 0 Å². The van der Waals surface area contributed by atoms with Crippen LogP contribution in [-0.2, 0) is 4.79 Å². The van der Waals surface area contributed by atoms with Crippen LogP contribution in [0.1, 0.15) is 0 Å². The van der Waals surface area contributed by atoms with Crippen LogP contribution in [0.4, 0.5) is 5.69 Å². The molecule has 1 amide bonds. The van der Waals surface area contributed by atoms with Crippen molar-refractivity contribution in [3.63, 3.8) is 0 Å². The van der Waals surface area contributed by atoms with Crippen LogP contribution in [0, 0.1) is 0 Å². The van der Waals surface area contributed by atoms with E-state index in [1.807, 2.05) is 50.5 Å². The summed E-state index contributed by atoms with van der Waals surface area (Å²) in [5, 5.41) is 11.4. The van der Waals surface area contributed by atoms with E-state index in [0.717, 1.165) is 50.1 Å². The summed E-state index contributed by atoms with van der Waals surface area (Å²) in [6.45, 7) is 0.287. The first-order valence-electron chi connectivity index (χ1n) is 11.3. The molecule has 0 aromatic carbocycles.